The number of likely N-dealkylation sites (tertiary alicyclic amines) is 1. The Labute approximate surface area is 183 Å². The number of nitrogens with zero attached hydrogens (tertiary/aromatic N) is 5. The number of carbonyl (C=O) groups excluding carboxylic acids is 1. The highest BCUT2D eigenvalue weighted by Gasteiger charge is 2.38. The molecular formula is C23H33N5OS. The van der Waals surface area contributed by atoms with Crippen LogP contribution in [0.5, 0.6) is 0 Å². The van der Waals surface area contributed by atoms with Crippen LogP contribution in [0.2, 0.25) is 0 Å². The average Bonchev–Trinajstić information content (AvgIpc) is 3.38. The molecule has 0 aromatic carbocycles. The van der Waals surface area contributed by atoms with Crippen molar-refractivity contribution in [1.82, 2.24) is 19.8 Å². The third-order valence-corrected chi connectivity index (χ3v) is 8.65. The topological polar surface area (TPSA) is 52.6 Å². The average molecular weight is 428 g/mol. The second-order valence-electron chi connectivity index (χ2n) is 9.83. The van der Waals surface area contributed by atoms with Gasteiger partial charge >= 0.3 is 0 Å². The van der Waals surface area contributed by atoms with E-state index in [2.05, 4.69) is 37.9 Å². The fourth-order valence-corrected chi connectivity index (χ4v) is 6.19. The molecule has 162 valence electrons. The molecule has 2 fully saturated rings. The van der Waals surface area contributed by atoms with Gasteiger partial charge in [-0.3, -0.25) is 4.79 Å². The molecule has 2 aliphatic carbocycles. The summed E-state index contributed by atoms with van der Waals surface area (Å²) in [5.74, 6) is 1.90. The van der Waals surface area contributed by atoms with Gasteiger partial charge in [-0.15, -0.1) is 11.3 Å². The van der Waals surface area contributed by atoms with Gasteiger partial charge in [0.05, 0.1) is 11.8 Å². The minimum absolute atomic E-state index is 0.0601. The van der Waals surface area contributed by atoms with Gasteiger partial charge in [0.25, 0.3) is 0 Å². The van der Waals surface area contributed by atoms with Crippen molar-refractivity contribution in [1.29, 1.82) is 0 Å². The largest absolute Gasteiger partial charge is 0.356 e. The van der Waals surface area contributed by atoms with E-state index in [4.69, 9.17) is 9.97 Å². The summed E-state index contributed by atoms with van der Waals surface area (Å²) in [5.41, 5.74) is 1.54. The molecule has 0 bridgehead atoms. The maximum atomic E-state index is 13.1. The van der Waals surface area contributed by atoms with Crippen molar-refractivity contribution in [2.45, 2.75) is 69.9 Å². The number of amides is 1. The molecule has 0 spiro atoms. The SMILES string of the molecule is CN(c1nc(CC(=O)N2CC[C@](C)(N(C)C)C2)nc2sc3c(c12)CCCC3)C1CC1. The molecule has 2 aromatic rings. The van der Waals surface area contributed by atoms with Crippen molar-refractivity contribution in [2.24, 2.45) is 0 Å². The van der Waals surface area contributed by atoms with E-state index in [9.17, 15) is 4.79 Å². The lowest BCUT2D eigenvalue weighted by Crippen LogP contribution is -2.44. The highest BCUT2D eigenvalue weighted by atomic mass is 32.1. The molecule has 7 heteroatoms. The summed E-state index contributed by atoms with van der Waals surface area (Å²) in [7, 11) is 6.37. The zero-order valence-corrected chi connectivity index (χ0v) is 19.5. The number of thiophene rings is 1. The lowest BCUT2D eigenvalue weighted by atomic mass is 9.97. The molecular weight excluding hydrogens is 394 g/mol. The van der Waals surface area contributed by atoms with Crippen LogP contribution in [0.25, 0.3) is 10.2 Å². The Morgan fingerprint density at radius 1 is 1.20 bits per heavy atom. The summed E-state index contributed by atoms with van der Waals surface area (Å²) in [6.07, 6.45) is 8.61. The number of aryl methyl sites for hydroxylation is 2. The van der Waals surface area contributed by atoms with Gasteiger partial charge in [0, 0.05) is 36.6 Å². The molecule has 3 heterocycles. The van der Waals surface area contributed by atoms with Gasteiger partial charge in [0.15, 0.2) is 0 Å². The Bertz CT molecular complexity index is 982. The smallest absolute Gasteiger partial charge is 0.230 e. The van der Waals surface area contributed by atoms with Crippen LogP contribution in [0.15, 0.2) is 0 Å². The highest BCUT2D eigenvalue weighted by molar-refractivity contribution is 7.19. The van der Waals surface area contributed by atoms with E-state index < -0.39 is 0 Å². The second-order valence-corrected chi connectivity index (χ2v) is 10.9. The summed E-state index contributed by atoms with van der Waals surface area (Å²) in [5, 5.41) is 1.27. The van der Waals surface area contributed by atoms with Crippen LogP contribution in [0.3, 0.4) is 0 Å². The second kappa shape index (κ2) is 7.45. The number of rotatable bonds is 5. The van der Waals surface area contributed by atoms with Gasteiger partial charge in [-0.25, -0.2) is 9.97 Å². The van der Waals surface area contributed by atoms with Crippen LogP contribution >= 0.6 is 11.3 Å². The minimum atomic E-state index is 0.0601. The van der Waals surface area contributed by atoms with Crippen LogP contribution in [-0.4, -0.2) is 71.5 Å². The predicted molar refractivity (Wildman–Crippen MR) is 122 cm³/mol. The van der Waals surface area contributed by atoms with E-state index in [1.165, 1.54) is 41.5 Å². The van der Waals surface area contributed by atoms with Crippen molar-refractivity contribution in [2.75, 3.05) is 39.1 Å². The third-order valence-electron chi connectivity index (χ3n) is 7.46. The lowest BCUT2D eigenvalue weighted by molar-refractivity contribution is -0.129. The van der Waals surface area contributed by atoms with Crippen LogP contribution in [-0.2, 0) is 24.1 Å². The van der Waals surface area contributed by atoms with E-state index in [1.807, 2.05) is 16.2 Å². The molecule has 2 aromatic heterocycles. The van der Waals surface area contributed by atoms with Crippen LogP contribution in [0.1, 0.15) is 55.3 Å². The van der Waals surface area contributed by atoms with Crippen LogP contribution < -0.4 is 4.90 Å². The molecule has 0 N–H and O–H groups in total. The molecule has 1 amide bonds. The molecule has 0 radical (unpaired) electrons. The van der Waals surface area contributed by atoms with Crippen molar-refractivity contribution in [3.63, 3.8) is 0 Å². The minimum Gasteiger partial charge on any atom is -0.356 e. The molecule has 1 saturated carbocycles. The van der Waals surface area contributed by atoms with Gasteiger partial charge in [0.1, 0.15) is 16.5 Å². The number of aromatic nitrogens is 2. The molecule has 5 rings (SSSR count). The maximum Gasteiger partial charge on any atom is 0.230 e. The van der Waals surface area contributed by atoms with E-state index in [1.54, 1.807) is 0 Å². The molecule has 6 nitrogen and oxygen atoms in total. The number of hydrogen-bond donors (Lipinski definition) is 0. The molecule has 1 saturated heterocycles. The first-order valence-corrected chi connectivity index (χ1v) is 12.2. The molecule has 30 heavy (non-hydrogen) atoms. The summed E-state index contributed by atoms with van der Waals surface area (Å²) in [6.45, 7) is 3.84. The number of carbonyl (C=O) groups is 1. The zero-order chi connectivity index (χ0) is 21.0. The summed E-state index contributed by atoms with van der Waals surface area (Å²) >= 11 is 1.83. The normalized spacial score (nSPS) is 24.0. The third kappa shape index (κ3) is 3.50. The van der Waals surface area contributed by atoms with Gasteiger partial charge in [-0.05, 0) is 71.5 Å². The predicted octanol–water partition coefficient (Wildman–Crippen LogP) is 3.26. The van der Waals surface area contributed by atoms with Crippen molar-refractivity contribution in [3.05, 3.63) is 16.3 Å². The lowest BCUT2D eigenvalue weighted by Gasteiger charge is -2.32. The zero-order valence-electron chi connectivity index (χ0n) is 18.7. The maximum absolute atomic E-state index is 13.1. The molecule has 0 unspecified atom stereocenters. The quantitative estimate of drug-likeness (QED) is 0.733. The summed E-state index contributed by atoms with van der Waals surface area (Å²) < 4.78 is 0. The number of anilines is 1. The standard InChI is InChI=1S/C23H33N5OS/c1-23(26(2)3)11-12-28(14-23)19(29)13-18-24-21(27(4)15-9-10-15)20-16-7-5-6-8-17(16)30-22(20)25-18/h15H,5-14H2,1-4H3/t23-/m0/s1. The summed E-state index contributed by atoms with van der Waals surface area (Å²) in [4.78, 5) is 32.2. The van der Waals surface area contributed by atoms with Crippen LogP contribution in [0.4, 0.5) is 5.82 Å². The molecule has 1 atom stereocenters. The molecule has 1 aliphatic heterocycles. The number of hydrogen-bond acceptors (Lipinski definition) is 6. The van der Waals surface area contributed by atoms with Crippen molar-refractivity contribution < 1.29 is 4.79 Å². The van der Waals surface area contributed by atoms with Gasteiger partial charge in [-0.2, -0.15) is 0 Å². The fourth-order valence-electron chi connectivity index (χ4n) is 4.92. The van der Waals surface area contributed by atoms with E-state index in [0.29, 0.717) is 18.3 Å². The van der Waals surface area contributed by atoms with Crippen molar-refractivity contribution >= 4 is 33.3 Å². The van der Waals surface area contributed by atoms with Gasteiger partial charge in [-0.1, -0.05) is 0 Å². The van der Waals surface area contributed by atoms with Gasteiger partial charge < -0.3 is 14.7 Å². The number of fused-ring (bicyclic) bond motifs is 3. The fraction of sp³-hybridized carbons (Fsp3) is 0.696. The Morgan fingerprint density at radius 2 is 1.97 bits per heavy atom. The van der Waals surface area contributed by atoms with E-state index >= 15 is 0 Å². The first-order valence-electron chi connectivity index (χ1n) is 11.3. The first kappa shape index (κ1) is 20.2. The van der Waals surface area contributed by atoms with E-state index in [-0.39, 0.29) is 11.4 Å². The number of likely N-dealkylation sites (N-methyl/N-ethyl adjacent to an activating group) is 1. The Hall–Kier alpha value is -1.73. The Kier molecular flexibility index (Phi) is 5.01. The monoisotopic (exact) mass is 427 g/mol. The molecule has 3 aliphatic rings. The first-order chi connectivity index (χ1) is 14.4. The summed E-state index contributed by atoms with van der Waals surface area (Å²) in [6, 6.07) is 0.588. The van der Waals surface area contributed by atoms with Crippen LogP contribution in [0, 0.1) is 0 Å². The Morgan fingerprint density at radius 3 is 2.67 bits per heavy atom. The van der Waals surface area contributed by atoms with Crippen molar-refractivity contribution in [3.8, 4) is 0 Å². The Balaban J connectivity index is 1.45. The van der Waals surface area contributed by atoms with Gasteiger partial charge in [0.2, 0.25) is 5.91 Å². The van der Waals surface area contributed by atoms with E-state index in [0.717, 1.165) is 43.0 Å². The highest BCUT2D eigenvalue weighted by Crippen LogP contribution is 2.41.